The molecule has 0 saturated carbocycles. The highest BCUT2D eigenvalue weighted by Gasteiger charge is 2.12. The standard InChI is InChI=1S/C17H25N3O2/c1-3-5-11-18-16(21)10-13-20-15-9-7-6-8-14(15)19(12-4-2)17(20)22/h6-9H,3-5,10-13H2,1-2H3,(H,18,21). The van der Waals surface area contributed by atoms with Crippen LogP contribution in [0.1, 0.15) is 39.5 Å². The number of benzene rings is 1. The average molecular weight is 303 g/mol. The van der Waals surface area contributed by atoms with E-state index in [1.165, 1.54) is 0 Å². The summed E-state index contributed by atoms with van der Waals surface area (Å²) < 4.78 is 3.51. The van der Waals surface area contributed by atoms with Gasteiger partial charge < -0.3 is 5.32 Å². The maximum atomic E-state index is 12.5. The lowest BCUT2D eigenvalue weighted by atomic mass is 10.3. The largest absolute Gasteiger partial charge is 0.356 e. The molecule has 0 bridgehead atoms. The number of rotatable bonds is 8. The average Bonchev–Trinajstić information content (AvgIpc) is 2.79. The molecule has 120 valence electrons. The van der Waals surface area contributed by atoms with E-state index < -0.39 is 0 Å². The van der Waals surface area contributed by atoms with E-state index in [4.69, 9.17) is 0 Å². The van der Waals surface area contributed by atoms with Gasteiger partial charge in [0, 0.05) is 26.1 Å². The number of para-hydroxylation sites is 2. The summed E-state index contributed by atoms with van der Waals surface area (Å²) in [5.41, 5.74) is 1.83. The van der Waals surface area contributed by atoms with E-state index in [2.05, 4.69) is 19.2 Å². The summed E-state index contributed by atoms with van der Waals surface area (Å²) >= 11 is 0. The first-order valence-electron chi connectivity index (χ1n) is 8.13. The third kappa shape index (κ3) is 3.59. The number of hydrogen-bond donors (Lipinski definition) is 1. The summed E-state index contributed by atoms with van der Waals surface area (Å²) in [7, 11) is 0. The number of fused-ring (bicyclic) bond motifs is 1. The highest BCUT2D eigenvalue weighted by Crippen LogP contribution is 2.13. The Morgan fingerprint density at radius 2 is 1.68 bits per heavy atom. The van der Waals surface area contributed by atoms with Crippen LogP contribution in [0.3, 0.4) is 0 Å². The number of imidazole rings is 1. The predicted octanol–water partition coefficient (Wildman–Crippen LogP) is 2.52. The van der Waals surface area contributed by atoms with Crippen molar-refractivity contribution < 1.29 is 4.79 Å². The van der Waals surface area contributed by atoms with Gasteiger partial charge in [0.25, 0.3) is 0 Å². The van der Waals surface area contributed by atoms with Gasteiger partial charge in [-0.2, -0.15) is 0 Å². The first-order valence-corrected chi connectivity index (χ1v) is 8.13. The number of aromatic nitrogens is 2. The Morgan fingerprint density at radius 3 is 2.27 bits per heavy atom. The van der Waals surface area contributed by atoms with Crippen molar-refractivity contribution in [2.24, 2.45) is 0 Å². The van der Waals surface area contributed by atoms with Gasteiger partial charge in [-0.3, -0.25) is 13.9 Å². The van der Waals surface area contributed by atoms with Gasteiger partial charge in [-0.05, 0) is 25.0 Å². The number of nitrogens with zero attached hydrogens (tertiary/aromatic N) is 2. The van der Waals surface area contributed by atoms with Gasteiger partial charge in [0.1, 0.15) is 0 Å². The first-order chi connectivity index (χ1) is 10.7. The molecular formula is C17H25N3O2. The summed E-state index contributed by atoms with van der Waals surface area (Å²) in [4.78, 5) is 24.4. The van der Waals surface area contributed by atoms with Crippen molar-refractivity contribution in [2.45, 2.75) is 52.6 Å². The summed E-state index contributed by atoms with van der Waals surface area (Å²) in [6, 6.07) is 7.77. The molecule has 0 aliphatic rings. The molecule has 2 aromatic rings. The SMILES string of the molecule is CCCCNC(=O)CCn1c(=O)n(CCC)c2ccccc21. The van der Waals surface area contributed by atoms with Crippen LogP contribution >= 0.6 is 0 Å². The zero-order chi connectivity index (χ0) is 15.9. The highest BCUT2D eigenvalue weighted by molar-refractivity contribution is 5.77. The fourth-order valence-electron chi connectivity index (χ4n) is 2.63. The van der Waals surface area contributed by atoms with Gasteiger partial charge >= 0.3 is 5.69 Å². The second kappa shape index (κ2) is 7.82. The van der Waals surface area contributed by atoms with E-state index >= 15 is 0 Å². The van der Waals surface area contributed by atoms with E-state index in [-0.39, 0.29) is 11.6 Å². The zero-order valence-electron chi connectivity index (χ0n) is 13.5. The maximum Gasteiger partial charge on any atom is 0.329 e. The number of aryl methyl sites for hydroxylation is 2. The van der Waals surface area contributed by atoms with Crippen molar-refractivity contribution >= 4 is 16.9 Å². The van der Waals surface area contributed by atoms with Crippen LogP contribution in [0.4, 0.5) is 0 Å². The van der Waals surface area contributed by atoms with Gasteiger partial charge in [-0.1, -0.05) is 32.4 Å². The monoisotopic (exact) mass is 303 g/mol. The molecule has 1 heterocycles. The van der Waals surface area contributed by atoms with Gasteiger partial charge in [0.2, 0.25) is 5.91 Å². The number of carbonyl (C=O) groups is 1. The normalized spacial score (nSPS) is 11.0. The number of carbonyl (C=O) groups excluding carboxylic acids is 1. The van der Waals surface area contributed by atoms with Crippen molar-refractivity contribution in [3.63, 3.8) is 0 Å². The van der Waals surface area contributed by atoms with Crippen molar-refractivity contribution in [1.82, 2.24) is 14.5 Å². The van der Waals surface area contributed by atoms with Crippen LogP contribution in [-0.4, -0.2) is 21.6 Å². The molecule has 5 heteroatoms. The smallest absolute Gasteiger partial charge is 0.329 e. The molecule has 0 saturated heterocycles. The molecule has 1 amide bonds. The molecule has 1 aromatic heterocycles. The van der Waals surface area contributed by atoms with Gasteiger partial charge in [0.15, 0.2) is 0 Å². The summed E-state index contributed by atoms with van der Waals surface area (Å²) in [5, 5.41) is 2.89. The fourth-order valence-corrected chi connectivity index (χ4v) is 2.63. The molecule has 5 nitrogen and oxygen atoms in total. The lowest BCUT2D eigenvalue weighted by molar-refractivity contribution is -0.121. The zero-order valence-corrected chi connectivity index (χ0v) is 13.5. The van der Waals surface area contributed by atoms with Crippen molar-refractivity contribution in [3.05, 3.63) is 34.7 Å². The predicted molar refractivity (Wildman–Crippen MR) is 89.0 cm³/mol. The third-order valence-electron chi connectivity index (χ3n) is 3.79. The van der Waals surface area contributed by atoms with Gasteiger partial charge in [0.05, 0.1) is 11.0 Å². The molecule has 0 radical (unpaired) electrons. The molecule has 0 spiro atoms. The lowest BCUT2D eigenvalue weighted by Crippen LogP contribution is -2.29. The van der Waals surface area contributed by atoms with Crippen molar-refractivity contribution in [2.75, 3.05) is 6.54 Å². The molecule has 1 aromatic carbocycles. The Kier molecular flexibility index (Phi) is 5.81. The second-order valence-corrected chi connectivity index (χ2v) is 5.53. The van der Waals surface area contributed by atoms with Crippen molar-refractivity contribution in [3.8, 4) is 0 Å². The van der Waals surface area contributed by atoms with Gasteiger partial charge in [-0.25, -0.2) is 4.79 Å². The van der Waals surface area contributed by atoms with Crippen LogP contribution in [0.15, 0.2) is 29.1 Å². The highest BCUT2D eigenvalue weighted by atomic mass is 16.2. The van der Waals surface area contributed by atoms with E-state index in [1.807, 2.05) is 24.3 Å². The van der Waals surface area contributed by atoms with Gasteiger partial charge in [-0.15, -0.1) is 0 Å². The Labute approximate surface area is 130 Å². The minimum absolute atomic E-state index is 0.00710. The summed E-state index contributed by atoms with van der Waals surface area (Å²) in [5.74, 6) is 0.00710. The molecule has 0 fully saturated rings. The fraction of sp³-hybridized carbons (Fsp3) is 0.529. The van der Waals surface area contributed by atoms with E-state index in [9.17, 15) is 9.59 Å². The van der Waals surface area contributed by atoms with E-state index in [0.717, 1.165) is 30.3 Å². The number of nitrogens with one attached hydrogen (secondary N) is 1. The number of unbranched alkanes of at least 4 members (excludes halogenated alkanes) is 1. The molecule has 2 rings (SSSR count). The number of hydrogen-bond acceptors (Lipinski definition) is 2. The van der Waals surface area contributed by atoms with Crippen LogP contribution in [0, 0.1) is 0 Å². The van der Waals surface area contributed by atoms with Crippen LogP contribution in [0.25, 0.3) is 11.0 Å². The molecule has 1 N–H and O–H groups in total. The van der Waals surface area contributed by atoms with Crippen LogP contribution < -0.4 is 11.0 Å². The van der Waals surface area contributed by atoms with Crippen molar-refractivity contribution in [1.29, 1.82) is 0 Å². The minimum Gasteiger partial charge on any atom is -0.356 e. The molecule has 22 heavy (non-hydrogen) atoms. The van der Waals surface area contributed by atoms with Crippen LogP contribution in [-0.2, 0) is 17.9 Å². The topological polar surface area (TPSA) is 56.0 Å². The number of amides is 1. The molecular weight excluding hydrogens is 278 g/mol. The third-order valence-corrected chi connectivity index (χ3v) is 3.79. The van der Waals surface area contributed by atoms with E-state index in [1.54, 1.807) is 9.13 Å². The quantitative estimate of drug-likeness (QED) is 0.762. The Hall–Kier alpha value is -2.04. The Morgan fingerprint density at radius 1 is 1.05 bits per heavy atom. The molecule has 0 aliphatic heterocycles. The first kappa shape index (κ1) is 16.3. The molecule has 0 atom stereocenters. The Balaban J connectivity index is 2.16. The Bertz CT molecular complexity index is 685. The summed E-state index contributed by atoms with van der Waals surface area (Å²) in [6.45, 7) is 5.99. The molecule has 0 aliphatic carbocycles. The molecule has 0 unspecified atom stereocenters. The second-order valence-electron chi connectivity index (χ2n) is 5.53. The minimum atomic E-state index is -0.0237. The van der Waals surface area contributed by atoms with Crippen LogP contribution in [0.5, 0.6) is 0 Å². The maximum absolute atomic E-state index is 12.5. The van der Waals surface area contributed by atoms with Crippen LogP contribution in [0.2, 0.25) is 0 Å². The summed E-state index contributed by atoms with van der Waals surface area (Å²) in [6.07, 6.45) is 3.29. The lowest BCUT2D eigenvalue weighted by Gasteiger charge is -2.05. The van der Waals surface area contributed by atoms with E-state index in [0.29, 0.717) is 26.1 Å².